The molecule has 0 saturated carbocycles. The van der Waals surface area contributed by atoms with Crippen molar-refractivity contribution in [3.05, 3.63) is 127 Å². The van der Waals surface area contributed by atoms with Gasteiger partial charge < -0.3 is 45.0 Å². The van der Waals surface area contributed by atoms with E-state index in [-0.39, 0.29) is 40.3 Å². The Balaban J connectivity index is 0.000000377. The summed E-state index contributed by atoms with van der Waals surface area (Å²) in [5, 5.41) is 88.1. The van der Waals surface area contributed by atoms with Crippen LogP contribution in [0.15, 0.2) is 70.5 Å². The van der Waals surface area contributed by atoms with Crippen LogP contribution in [0, 0.1) is 50.6 Å². The molecule has 0 aliphatic carbocycles. The van der Waals surface area contributed by atoms with Crippen molar-refractivity contribution in [3.8, 4) is 34.6 Å². The summed E-state index contributed by atoms with van der Waals surface area (Å²) in [7, 11) is 1.34. The lowest BCUT2D eigenvalue weighted by Crippen LogP contribution is -2.12. The molecule has 0 amide bonds. The Hall–Kier alpha value is -7.96. The predicted octanol–water partition coefficient (Wildman–Crippen LogP) is 5.88. The number of nitrogens with zero attached hydrogens (tertiary/aromatic N) is 8. The molecule has 0 aliphatic rings. The maximum Gasteiger partial charge on any atom is 0.420 e. The zero-order chi connectivity index (χ0) is 45.9. The van der Waals surface area contributed by atoms with E-state index in [0.717, 1.165) is 36.0 Å². The number of nitro groups is 5. The molecule has 26 nitrogen and oxygen atoms in total. The summed E-state index contributed by atoms with van der Waals surface area (Å²) in [6, 6.07) is 3.84. The SMILES string of the molecule is CCOc1c[nH]cc([N+](=O)[O-])c1=O.COc1cc([N+](=O)[O-])c(O)cn1.CSc1cc([N+](=O)[O-])c(O)cn1.O=[N+]([O-])c1ncc(C(F)(F)F)cc1O.O=[N+]([O-])c1sccc1O. The molecule has 0 saturated heterocycles. The summed E-state index contributed by atoms with van der Waals surface area (Å²) >= 11 is 2.19. The number of H-pyrrole nitrogens is 1. The zero-order valence-electron chi connectivity index (χ0n) is 30.1. The van der Waals surface area contributed by atoms with E-state index in [1.165, 1.54) is 42.6 Å². The molecule has 5 N–H and O–H groups in total. The van der Waals surface area contributed by atoms with Crippen molar-refractivity contribution >= 4 is 51.0 Å². The molecule has 31 heteroatoms. The number of aromatic nitrogens is 4. The van der Waals surface area contributed by atoms with Gasteiger partial charge in [0, 0.05) is 17.6 Å². The van der Waals surface area contributed by atoms with Gasteiger partial charge in [0.15, 0.2) is 11.9 Å². The Bertz CT molecular complexity index is 2300. The van der Waals surface area contributed by atoms with E-state index in [0.29, 0.717) is 11.6 Å². The van der Waals surface area contributed by atoms with E-state index < -0.39 is 76.2 Å². The number of ether oxygens (including phenoxy) is 2. The number of rotatable bonds is 9. The molecule has 322 valence electrons. The van der Waals surface area contributed by atoms with Gasteiger partial charge in [0.05, 0.1) is 64.1 Å². The molecule has 0 bridgehead atoms. The first-order valence-electron chi connectivity index (χ1n) is 15.0. The van der Waals surface area contributed by atoms with Crippen molar-refractivity contribution in [2.75, 3.05) is 20.0 Å². The van der Waals surface area contributed by atoms with Crippen LogP contribution in [0.5, 0.6) is 34.6 Å². The lowest BCUT2D eigenvalue weighted by atomic mass is 10.2. The van der Waals surface area contributed by atoms with Crippen molar-refractivity contribution in [1.29, 1.82) is 0 Å². The molecular formula is C29H26F3N9O17S2. The van der Waals surface area contributed by atoms with Gasteiger partial charge in [0.25, 0.3) is 5.43 Å². The van der Waals surface area contributed by atoms with Crippen LogP contribution in [-0.4, -0.2) is 85.0 Å². The third-order valence-electron chi connectivity index (χ3n) is 6.01. The Kier molecular flexibility index (Phi) is 19.5. The van der Waals surface area contributed by atoms with Gasteiger partial charge >= 0.3 is 34.1 Å². The Morgan fingerprint density at radius 1 is 0.767 bits per heavy atom. The normalized spacial score (nSPS) is 9.97. The van der Waals surface area contributed by atoms with Crippen LogP contribution in [0.2, 0.25) is 0 Å². The number of nitrogens with one attached hydrogen (secondary N) is 1. The van der Waals surface area contributed by atoms with Gasteiger partial charge in [-0.25, -0.2) is 9.97 Å². The van der Waals surface area contributed by atoms with Gasteiger partial charge in [-0.3, -0.25) is 45.3 Å². The monoisotopic (exact) mass is 893 g/mol. The molecule has 0 aromatic carbocycles. The molecule has 5 aromatic rings. The number of pyridine rings is 4. The van der Waals surface area contributed by atoms with Crippen molar-refractivity contribution in [3.63, 3.8) is 0 Å². The summed E-state index contributed by atoms with van der Waals surface area (Å²) in [5.41, 5.74) is -3.17. The highest BCUT2D eigenvalue weighted by Gasteiger charge is 2.34. The third kappa shape index (κ3) is 15.5. The van der Waals surface area contributed by atoms with Crippen LogP contribution in [-0.2, 0) is 6.18 Å². The average Bonchev–Trinajstić information content (AvgIpc) is 3.62. The summed E-state index contributed by atoms with van der Waals surface area (Å²) < 4.78 is 45.5. The van der Waals surface area contributed by atoms with Gasteiger partial charge in [-0.1, -0.05) is 11.3 Å². The van der Waals surface area contributed by atoms with E-state index in [2.05, 4.69) is 24.7 Å². The second-order valence-electron chi connectivity index (χ2n) is 9.86. The standard InChI is InChI=1S/C7H8N2O4.C6H3F3N2O3.C6H6N2O4.C6H6N2O3S.C4H3NO3S/c1-2-13-6-4-8-3-5(7(6)10)9(11)12;7-6(8,9)3-1-4(12)5(10-2-3)11(13)14;2*1-12-6-2-4(8(10)11)5(9)3-7-6;6-3-1-2-9-4(3)5(7)8/h3-4H,2H2,1H3,(H,8,10);1-2,12H;2*2-3,9H,1H3;1-2,6H. The van der Waals surface area contributed by atoms with E-state index in [4.69, 9.17) is 25.2 Å². The molecule has 0 radical (unpaired) electrons. The van der Waals surface area contributed by atoms with Crippen LogP contribution in [0.3, 0.4) is 0 Å². The number of hydrogen-bond donors (Lipinski definition) is 5. The summed E-state index contributed by atoms with van der Waals surface area (Å²) in [6.45, 7) is 1.99. The fraction of sp³-hybridized carbons (Fsp3) is 0.172. The van der Waals surface area contributed by atoms with Crippen LogP contribution >= 0.6 is 23.1 Å². The Morgan fingerprint density at radius 3 is 1.75 bits per heavy atom. The molecular weight excluding hydrogens is 867 g/mol. The van der Waals surface area contributed by atoms with Crippen molar-refractivity contribution in [2.24, 2.45) is 0 Å². The molecule has 5 heterocycles. The van der Waals surface area contributed by atoms with Crippen LogP contribution in [0.4, 0.5) is 41.1 Å². The number of aromatic hydroxyl groups is 4. The molecule has 5 aromatic heterocycles. The lowest BCUT2D eigenvalue weighted by molar-refractivity contribution is -0.390. The van der Waals surface area contributed by atoms with Crippen LogP contribution < -0.4 is 14.9 Å². The summed E-state index contributed by atoms with van der Waals surface area (Å²) in [5.74, 6) is -3.18. The number of hydrogen-bond acceptors (Lipinski definition) is 22. The second-order valence-corrected chi connectivity index (χ2v) is 11.6. The van der Waals surface area contributed by atoms with E-state index in [9.17, 15) is 68.5 Å². The molecule has 5 rings (SSSR count). The van der Waals surface area contributed by atoms with Crippen LogP contribution in [0.25, 0.3) is 0 Å². The number of methoxy groups -OCH3 is 1. The number of thiophene rings is 1. The minimum Gasteiger partial charge on any atom is -0.501 e. The third-order valence-corrected chi connectivity index (χ3v) is 7.51. The zero-order valence-corrected chi connectivity index (χ0v) is 31.7. The minimum absolute atomic E-state index is 0.0308. The summed E-state index contributed by atoms with van der Waals surface area (Å²) in [4.78, 5) is 71.0. The maximum absolute atomic E-state index is 12.0. The first-order valence-corrected chi connectivity index (χ1v) is 17.1. The van der Waals surface area contributed by atoms with Gasteiger partial charge in [-0.2, -0.15) is 13.2 Å². The van der Waals surface area contributed by atoms with E-state index in [1.54, 1.807) is 13.2 Å². The van der Waals surface area contributed by atoms with Gasteiger partial charge in [0.2, 0.25) is 28.9 Å². The Morgan fingerprint density at radius 2 is 1.33 bits per heavy atom. The highest BCUT2D eigenvalue weighted by molar-refractivity contribution is 7.98. The fourth-order valence-corrected chi connectivity index (χ4v) is 4.37. The second kappa shape index (κ2) is 23.3. The predicted molar refractivity (Wildman–Crippen MR) is 199 cm³/mol. The van der Waals surface area contributed by atoms with Crippen LogP contribution in [0.1, 0.15) is 12.5 Å². The van der Waals surface area contributed by atoms with Crippen molar-refractivity contribution in [2.45, 2.75) is 18.1 Å². The van der Waals surface area contributed by atoms with Crippen molar-refractivity contribution in [1.82, 2.24) is 19.9 Å². The van der Waals surface area contributed by atoms with Gasteiger partial charge in [-0.15, -0.1) is 11.8 Å². The number of halogens is 3. The molecule has 60 heavy (non-hydrogen) atoms. The number of thioether (sulfide) groups is 1. The topological polar surface area (TPSA) is 387 Å². The van der Waals surface area contributed by atoms with E-state index >= 15 is 0 Å². The fourth-order valence-electron chi connectivity index (χ4n) is 3.38. The molecule has 0 atom stereocenters. The molecule has 0 fully saturated rings. The smallest absolute Gasteiger partial charge is 0.420 e. The van der Waals surface area contributed by atoms with Crippen molar-refractivity contribution < 1.29 is 67.7 Å². The molecule has 0 spiro atoms. The molecule has 0 aliphatic heterocycles. The minimum atomic E-state index is -4.68. The number of alkyl halides is 3. The highest BCUT2D eigenvalue weighted by atomic mass is 32.2. The van der Waals surface area contributed by atoms with Gasteiger partial charge in [-0.05, 0) is 29.2 Å². The van der Waals surface area contributed by atoms with Gasteiger partial charge in [0.1, 0.15) is 10.6 Å². The quantitative estimate of drug-likeness (QED) is 0.0655. The maximum atomic E-state index is 12.0. The van der Waals surface area contributed by atoms with E-state index in [1.807, 2.05) is 0 Å². The lowest BCUT2D eigenvalue weighted by Gasteiger charge is -2.04. The number of aromatic amines is 1. The first-order chi connectivity index (χ1) is 28.0. The highest BCUT2D eigenvalue weighted by Crippen LogP contribution is 2.34. The largest absolute Gasteiger partial charge is 0.501 e. The average molecular weight is 894 g/mol. The molecule has 0 unspecified atom stereocenters. The Labute approximate surface area is 337 Å². The first kappa shape index (κ1) is 50.1. The summed E-state index contributed by atoms with van der Waals surface area (Å²) in [6.07, 6.45) is 1.73.